The number of carbonyl (C=O) groups is 1. The highest BCUT2D eigenvalue weighted by atomic mass is 19.4. The van der Waals surface area contributed by atoms with Gasteiger partial charge >= 0.3 is 6.18 Å². The quantitative estimate of drug-likeness (QED) is 0.910. The van der Waals surface area contributed by atoms with Crippen molar-refractivity contribution in [3.8, 4) is 0 Å². The number of nitrogens with zero attached hydrogens (tertiary/aromatic N) is 1. The predicted octanol–water partition coefficient (Wildman–Crippen LogP) is 2.60. The molecule has 1 N–H and O–H groups in total. The minimum atomic E-state index is -4.20. The molecule has 0 bridgehead atoms. The highest BCUT2D eigenvalue weighted by Crippen LogP contribution is 2.37. The van der Waals surface area contributed by atoms with Crippen molar-refractivity contribution < 1.29 is 27.2 Å². The normalized spacial score (nSPS) is 25.6. The van der Waals surface area contributed by atoms with E-state index in [-0.39, 0.29) is 25.1 Å². The zero-order chi connectivity index (χ0) is 15.7. The van der Waals surface area contributed by atoms with E-state index in [0.29, 0.717) is 37.2 Å². The molecule has 1 aliphatic heterocycles. The van der Waals surface area contributed by atoms with Gasteiger partial charge in [0.2, 0.25) is 0 Å². The second-order valence-corrected chi connectivity index (χ2v) is 5.81. The Labute approximate surface area is 125 Å². The number of alkyl halides is 3. The Kier molecular flexibility index (Phi) is 4.12. The van der Waals surface area contributed by atoms with Crippen LogP contribution >= 0.6 is 0 Å². The Balaban J connectivity index is 1.65. The van der Waals surface area contributed by atoms with Gasteiger partial charge in [-0.3, -0.25) is 4.79 Å². The summed E-state index contributed by atoms with van der Waals surface area (Å²) in [7, 11) is 0. The molecule has 1 aromatic heterocycles. The third-order valence-electron chi connectivity index (χ3n) is 4.28. The van der Waals surface area contributed by atoms with Crippen LogP contribution in [-0.4, -0.2) is 29.9 Å². The lowest BCUT2D eigenvalue weighted by Crippen LogP contribution is -2.42. The zero-order valence-electron chi connectivity index (χ0n) is 11.9. The number of halogens is 3. The van der Waals surface area contributed by atoms with Gasteiger partial charge in [-0.15, -0.1) is 0 Å². The monoisotopic (exact) mass is 318 g/mol. The fourth-order valence-corrected chi connectivity index (χ4v) is 3.08. The molecule has 2 heterocycles. The molecule has 2 unspecified atom stereocenters. The van der Waals surface area contributed by atoms with Crippen LogP contribution in [0.4, 0.5) is 13.2 Å². The van der Waals surface area contributed by atoms with E-state index in [9.17, 15) is 18.0 Å². The molecule has 1 aromatic rings. The van der Waals surface area contributed by atoms with E-state index >= 15 is 0 Å². The Morgan fingerprint density at radius 1 is 1.32 bits per heavy atom. The maximum atomic E-state index is 12.8. The van der Waals surface area contributed by atoms with E-state index in [0.717, 1.165) is 0 Å². The molecular weight excluding hydrogens is 301 g/mol. The lowest BCUT2D eigenvalue weighted by Gasteiger charge is -2.30. The average molecular weight is 318 g/mol. The number of fused-ring (bicyclic) bond motifs is 1. The van der Waals surface area contributed by atoms with E-state index in [1.54, 1.807) is 0 Å². The molecule has 2 aliphatic rings. The number of rotatable bonds is 2. The largest absolute Gasteiger partial charge is 0.391 e. The van der Waals surface area contributed by atoms with Crippen LogP contribution in [0.5, 0.6) is 0 Å². The van der Waals surface area contributed by atoms with Gasteiger partial charge in [0.15, 0.2) is 5.69 Å². The fourth-order valence-electron chi connectivity index (χ4n) is 3.08. The SMILES string of the molecule is O=C(NC1CCCC(C(F)(F)F)C1)c1noc2c1COCC2. The summed E-state index contributed by atoms with van der Waals surface area (Å²) in [6, 6.07) is -0.482. The van der Waals surface area contributed by atoms with Gasteiger partial charge in [0.1, 0.15) is 5.76 Å². The molecule has 0 aromatic carbocycles. The van der Waals surface area contributed by atoms with Crippen LogP contribution in [0.3, 0.4) is 0 Å². The average Bonchev–Trinajstić information content (AvgIpc) is 2.90. The van der Waals surface area contributed by atoms with Crippen molar-refractivity contribution in [2.75, 3.05) is 6.61 Å². The summed E-state index contributed by atoms with van der Waals surface area (Å²) >= 11 is 0. The minimum absolute atomic E-state index is 0.0776. The molecule has 22 heavy (non-hydrogen) atoms. The lowest BCUT2D eigenvalue weighted by atomic mass is 9.85. The summed E-state index contributed by atoms with van der Waals surface area (Å²) in [6.07, 6.45) is -2.60. The number of carbonyl (C=O) groups excluding carboxylic acids is 1. The number of ether oxygens (including phenoxy) is 1. The van der Waals surface area contributed by atoms with E-state index in [1.807, 2.05) is 0 Å². The van der Waals surface area contributed by atoms with Crippen LogP contribution in [0.2, 0.25) is 0 Å². The molecule has 1 fully saturated rings. The Morgan fingerprint density at radius 2 is 2.14 bits per heavy atom. The van der Waals surface area contributed by atoms with Crippen molar-refractivity contribution in [1.29, 1.82) is 0 Å². The van der Waals surface area contributed by atoms with Crippen LogP contribution in [0, 0.1) is 5.92 Å². The zero-order valence-corrected chi connectivity index (χ0v) is 11.9. The molecule has 3 rings (SSSR count). The minimum Gasteiger partial charge on any atom is -0.376 e. The molecule has 8 heteroatoms. The van der Waals surface area contributed by atoms with Gasteiger partial charge in [0, 0.05) is 12.5 Å². The predicted molar refractivity (Wildman–Crippen MR) is 69.1 cm³/mol. The summed E-state index contributed by atoms with van der Waals surface area (Å²) in [5, 5.41) is 6.40. The van der Waals surface area contributed by atoms with Crippen molar-refractivity contribution in [2.45, 2.75) is 50.9 Å². The van der Waals surface area contributed by atoms with E-state index in [4.69, 9.17) is 9.26 Å². The first-order chi connectivity index (χ1) is 10.4. The standard InChI is InChI=1S/C14H17F3N2O3/c15-14(16,17)8-2-1-3-9(6-8)18-13(20)12-10-7-21-5-4-11(10)22-19-12/h8-9H,1-7H2,(H,18,20). The first-order valence-corrected chi connectivity index (χ1v) is 7.38. The summed E-state index contributed by atoms with van der Waals surface area (Å²) in [5.41, 5.74) is 0.732. The summed E-state index contributed by atoms with van der Waals surface area (Å²) in [4.78, 5) is 12.2. The van der Waals surface area contributed by atoms with Crippen LogP contribution in [0.15, 0.2) is 4.52 Å². The van der Waals surface area contributed by atoms with E-state index in [1.165, 1.54) is 0 Å². The van der Waals surface area contributed by atoms with Gasteiger partial charge in [0.05, 0.1) is 24.7 Å². The first-order valence-electron chi connectivity index (χ1n) is 7.38. The number of amides is 1. The van der Waals surface area contributed by atoms with Crippen molar-refractivity contribution >= 4 is 5.91 Å². The van der Waals surface area contributed by atoms with Crippen molar-refractivity contribution in [3.63, 3.8) is 0 Å². The summed E-state index contributed by atoms with van der Waals surface area (Å²) in [5.74, 6) is -1.21. The number of nitrogens with one attached hydrogen (secondary N) is 1. The Hall–Kier alpha value is -1.57. The number of hydrogen-bond donors (Lipinski definition) is 1. The van der Waals surface area contributed by atoms with Gasteiger partial charge in [-0.1, -0.05) is 11.6 Å². The van der Waals surface area contributed by atoms with Crippen LogP contribution < -0.4 is 5.32 Å². The van der Waals surface area contributed by atoms with Crippen molar-refractivity contribution in [1.82, 2.24) is 10.5 Å². The van der Waals surface area contributed by atoms with Crippen molar-refractivity contribution in [3.05, 3.63) is 17.0 Å². The number of hydrogen-bond acceptors (Lipinski definition) is 4. The highest BCUT2D eigenvalue weighted by molar-refractivity contribution is 5.94. The molecular formula is C14H17F3N2O3. The molecule has 1 saturated carbocycles. The molecule has 5 nitrogen and oxygen atoms in total. The lowest BCUT2D eigenvalue weighted by molar-refractivity contribution is -0.183. The maximum absolute atomic E-state index is 12.8. The smallest absolute Gasteiger partial charge is 0.376 e. The van der Waals surface area contributed by atoms with Crippen molar-refractivity contribution in [2.24, 2.45) is 5.92 Å². The molecule has 0 radical (unpaired) electrons. The molecule has 1 amide bonds. The van der Waals surface area contributed by atoms with Gasteiger partial charge in [-0.05, 0) is 19.3 Å². The van der Waals surface area contributed by atoms with Gasteiger partial charge in [0.25, 0.3) is 5.91 Å². The molecule has 1 aliphatic carbocycles. The third kappa shape index (κ3) is 3.11. The van der Waals surface area contributed by atoms with E-state index in [2.05, 4.69) is 10.5 Å². The summed E-state index contributed by atoms with van der Waals surface area (Å²) < 4.78 is 48.8. The second kappa shape index (κ2) is 5.91. The van der Waals surface area contributed by atoms with Gasteiger partial charge < -0.3 is 14.6 Å². The first kappa shape index (κ1) is 15.3. The van der Waals surface area contributed by atoms with Gasteiger partial charge in [-0.25, -0.2) is 0 Å². The van der Waals surface area contributed by atoms with E-state index < -0.39 is 24.0 Å². The summed E-state index contributed by atoms with van der Waals surface area (Å²) in [6.45, 7) is 0.760. The fraction of sp³-hybridized carbons (Fsp3) is 0.714. The Morgan fingerprint density at radius 3 is 2.91 bits per heavy atom. The molecule has 0 spiro atoms. The molecule has 0 saturated heterocycles. The van der Waals surface area contributed by atoms with Crippen LogP contribution in [-0.2, 0) is 17.8 Å². The Bertz CT molecular complexity index is 556. The molecule has 2 atom stereocenters. The molecule has 122 valence electrons. The third-order valence-corrected chi connectivity index (χ3v) is 4.28. The van der Waals surface area contributed by atoms with Crippen LogP contribution in [0.25, 0.3) is 0 Å². The van der Waals surface area contributed by atoms with Crippen LogP contribution in [0.1, 0.15) is 47.5 Å². The highest BCUT2D eigenvalue weighted by Gasteiger charge is 2.42. The van der Waals surface area contributed by atoms with Gasteiger partial charge in [-0.2, -0.15) is 13.2 Å². The maximum Gasteiger partial charge on any atom is 0.391 e. The second-order valence-electron chi connectivity index (χ2n) is 5.81. The topological polar surface area (TPSA) is 64.4 Å². The number of aromatic nitrogens is 1.